The molecule has 1 aliphatic rings. The molecule has 0 spiro atoms. The van der Waals surface area contributed by atoms with Crippen LogP contribution in [0.5, 0.6) is 0 Å². The lowest BCUT2D eigenvalue weighted by Gasteiger charge is -2.41. The number of rotatable bonds is 5. The van der Waals surface area contributed by atoms with Crippen molar-refractivity contribution >= 4 is 5.78 Å². The molecule has 1 saturated carbocycles. The van der Waals surface area contributed by atoms with Crippen LogP contribution in [0.2, 0.25) is 0 Å². The molecule has 2 aromatic carbocycles. The van der Waals surface area contributed by atoms with Crippen LogP contribution in [-0.2, 0) is 17.3 Å². The van der Waals surface area contributed by atoms with E-state index in [-0.39, 0.29) is 11.6 Å². The number of hydrogen-bond donors (Lipinski definition) is 0. The highest BCUT2D eigenvalue weighted by Gasteiger charge is 2.49. The molecule has 5 nitrogen and oxygen atoms in total. The number of ketones is 1. The van der Waals surface area contributed by atoms with E-state index < -0.39 is 11.3 Å². The maximum Gasteiger partial charge on any atom is 0.168 e. The minimum absolute atomic E-state index is 0.192. The third kappa shape index (κ3) is 2.80. The molecule has 1 unspecified atom stereocenters. The molecule has 0 saturated heterocycles. The summed E-state index contributed by atoms with van der Waals surface area (Å²) in [6.07, 6.45) is 2.20. The van der Waals surface area contributed by atoms with Crippen molar-refractivity contribution in [1.82, 2.24) is 14.8 Å². The first-order valence-corrected chi connectivity index (χ1v) is 9.21. The van der Waals surface area contributed by atoms with Crippen molar-refractivity contribution in [3.8, 4) is 17.5 Å². The Labute approximate surface area is 162 Å². The number of halogens is 1. The van der Waals surface area contributed by atoms with E-state index in [0.29, 0.717) is 24.5 Å². The number of nitrogens with zero attached hydrogens (tertiary/aromatic N) is 4. The molecule has 3 aromatic rings. The number of hydrogen-bond acceptors (Lipinski definition) is 4. The average molecular weight is 374 g/mol. The number of aromatic nitrogens is 3. The number of Topliss-reactive ketones (excluding diaryl/α,β-unsaturated/α-hetero) is 1. The Morgan fingerprint density at radius 2 is 1.82 bits per heavy atom. The molecule has 28 heavy (non-hydrogen) atoms. The second-order valence-electron chi connectivity index (χ2n) is 7.18. The predicted molar refractivity (Wildman–Crippen MR) is 102 cm³/mol. The van der Waals surface area contributed by atoms with E-state index in [0.717, 1.165) is 17.5 Å². The number of nitriles is 1. The van der Waals surface area contributed by atoms with E-state index in [2.05, 4.69) is 16.3 Å². The lowest BCUT2D eigenvalue weighted by Crippen LogP contribution is -2.45. The van der Waals surface area contributed by atoms with Gasteiger partial charge in [0.05, 0.1) is 11.5 Å². The SMILES string of the molecule is Cn1c(-c2ccccc2)nnc1C(C#N)C(=O)C1(c2ccc(F)cc2)CCC1. The topological polar surface area (TPSA) is 71.6 Å². The molecule has 1 aliphatic carbocycles. The first-order chi connectivity index (χ1) is 13.6. The van der Waals surface area contributed by atoms with Gasteiger partial charge in [-0.2, -0.15) is 5.26 Å². The van der Waals surface area contributed by atoms with Gasteiger partial charge in [-0.3, -0.25) is 4.79 Å². The van der Waals surface area contributed by atoms with Crippen LogP contribution in [-0.4, -0.2) is 20.5 Å². The van der Waals surface area contributed by atoms with Crippen LogP contribution < -0.4 is 0 Å². The Hall–Kier alpha value is -3.33. The van der Waals surface area contributed by atoms with Crippen molar-refractivity contribution in [2.24, 2.45) is 7.05 Å². The molecule has 1 atom stereocenters. The van der Waals surface area contributed by atoms with Crippen LogP contribution in [0, 0.1) is 17.1 Å². The van der Waals surface area contributed by atoms with Crippen molar-refractivity contribution in [2.45, 2.75) is 30.6 Å². The van der Waals surface area contributed by atoms with Gasteiger partial charge in [-0.15, -0.1) is 10.2 Å². The molecule has 0 bridgehead atoms. The molecule has 0 amide bonds. The summed E-state index contributed by atoms with van der Waals surface area (Å²) < 4.78 is 15.1. The third-order valence-corrected chi connectivity index (χ3v) is 5.67. The minimum Gasteiger partial charge on any atom is -0.313 e. The summed E-state index contributed by atoms with van der Waals surface area (Å²) in [6.45, 7) is 0. The van der Waals surface area contributed by atoms with Crippen LogP contribution in [0.1, 0.15) is 36.6 Å². The average Bonchev–Trinajstić information content (AvgIpc) is 3.05. The fraction of sp³-hybridized carbons (Fsp3) is 0.273. The van der Waals surface area contributed by atoms with Gasteiger partial charge in [-0.25, -0.2) is 4.39 Å². The summed E-state index contributed by atoms with van der Waals surface area (Å²) in [5.74, 6) is -0.626. The summed E-state index contributed by atoms with van der Waals surface area (Å²) >= 11 is 0. The van der Waals surface area contributed by atoms with Gasteiger partial charge in [0.25, 0.3) is 0 Å². The smallest absolute Gasteiger partial charge is 0.168 e. The van der Waals surface area contributed by atoms with E-state index in [1.165, 1.54) is 12.1 Å². The Morgan fingerprint density at radius 1 is 1.14 bits per heavy atom. The quantitative estimate of drug-likeness (QED) is 0.679. The first-order valence-electron chi connectivity index (χ1n) is 9.21. The normalized spacial score (nSPS) is 16.0. The van der Waals surface area contributed by atoms with Gasteiger partial charge in [0.1, 0.15) is 5.82 Å². The van der Waals surface area contributed by atoms with Crippen molar-refractivity contribution in [1.29, 1.82) is 5.26 Å². The van der Waals surface area contributed by atoms with Crippen LogP contribution in [0.3, 0.4) is 0 Å². The van der Waals surface area contributed by atoms with Crippen molar-refractivity contribution in [3.05, 3.63) is 71.8 Å². The molecular weight excluding hydrogens is 355 g/mol. The number of carbonyl (C=O) groups is 1. The molecule has 0 radical (unpaired) electrons. The monoisotopic (exact) mass is 374 g/mol. The van der Waals surface area contributed by atoms with Crippen molar-refractivity contribution in [2.75, 3.05) is 0 Å². The highest BCUT2D eigenvalue weighted by atomic mass is 19.1. The fourth-order valence-electron chi connectivity index (χ4n) is 3.92. The summed E-state index contributed by atoms with van der Waals surface area (Å²) in [7, 11) is 1.76. The van der Waals surface area contributed by atoms with Crippen LogP contribution in [0.15, 0.2) is 54.6 Å². The van der Waals surface area contributed by atoms with Crippen molar-refractivity contribution < 1.29 is 9.18 Å². The highest BCUT2D eigenvalue weighted by molar-refractivity contribution is 5.97. The third-order valence-electron chi connectivity index (χ3n) is 5.67. The molecule has 1 aromatic heterocycles. The Balaban J connectivity index is 1.71. The largest absolute Gasteiger partial charge is 0.313 e. The Kier molecular flexibility index (Phi) is 4.52. The Morgan fingerprint density at radius 3 is 2.39 bits per heavy atom. The lowest BCUT2D eigenvalue weighted by molar-refractivity contribution is -0.128. The molecule has 140 valence electrons. The van der Waals surface area contributed by atoms with Gasteiger partial charge in [0.15, 0.2) is 23.3 Å². The van der Waals surface area contributed by atoms with Crippen LogP contribution in [0.25, 0.3) is 11.4 Å². The van der Waals surface area contributed by atoms with Gasteiger partial charge in [-0.05, 0) is 30.5 Å². The van der Waals surface area contributed by atoms with Gasteiger partial charge in [0, 0.05) is 12.6 Å². The lowest BCUT2D eigenvalue weighted by atomic mass is 9.59. The van der Waals surface area contributed by atoms with E-state index in [1.807, 2.05) is 30.3 Å². The zero-order valence-electron chi connectivity index (χ0n) is 15.5. The van der Waals surface area contributed by atoms with Gasteiger partial charge in [-0.1, -0.05) is 48.9 Å². The second-order valence-corrected chi connectivity index (χ2v) is 7.18. The van der Waals surface area contributed by atoms with Crippen LogP contribution in [0.4, 0.5) is 4.39 Å². The first kappa shape index (κ1) is 18.1. The minimum atomic E-state index is -1.03. The highest BCUT2D eigenvalue weighted by Crippen LogP contribution is 2.47. The van der Waals surface area contributed by atoms with Crippen LogP contribution >= 0.6 is 0 Å². The molecular formula is C22H19FN4O. The summed E-state index contributed by atoms with van der Waals surface area (Å²) in [4.78, 5) is 13.5. The zero-order valence-corrected chi connectivity index (χ0v) is 15.5. The van der Waals surface area contributed by atoms with Gasteiger partial charge >= 0.3 is 0 Å². The molecule has 0 aliphatic heterocycles. The number of carbonyl (C=O) groups excluding carboxylic acids is 1. The summed E-state index contributed by atoms with van der Waals surface area (Å²) in [6, 6.07) is 17.7. The van der Waals surface area contributed by atoms with E-state index in [9.17, 15) is 14.4 Å². The molecule has 1 heterocycles. The molecule has 4 rings (SSSR count). The van der Waals surface area contributed by atoms with Gasteiger partial charge in [0.2, 0.25) is 0 Å². The standard InChI is InChI=1S/C22H19FN4O/c1-27-20(15-6-3-2-4-7-15)25-26-21(27)18(14-24)19(28)22(12-5-13-22)16-8-10-17(23)11-9-16/h2-4,6-11,18H,5,12-13H2,1H3. The summed E-state index contributed by atoms with van der Waals surface area (Å²) in [5.41, 5.74) is 0.869. The van der Waals surface area contributed by atoms with E-state index >= 15 is 0 Å². The molecule has 1 fully saturated rings. The van der Waals surface area contributed by atoms with Crippen molar-refractivity contribution in [3.63, 3.8) is 0 Å². The van der Waals surface area contributed by atoms with E-state index in [4.69, 9.17) is 0 Å². The number of benzene rings is 2. The Bertz CT molecular complexity index is 1050. The maximum atomic E-state index is 13.5. The predicted octanol–water partition coefficient (Wildman–Crippen LogP) is 3.92. The zero-order chi connectivity index (χ0) is 19.7. The molecule has 6 heteroatoms. The molecule has 0 N–H and O–H groups in total. The fourth-order valence-corrected chi connectivity index (χ4v) is 3.92. The van der Waals surface area contributed by atoms with Gasteiger partial charge < -0.3 is 4.57 Å². The van der Waals surface area contributed by atoms with E-state index in [1.54, 1.807) is 23.7 Å². The summed E-state index contributed by atoms with van der Waals surface area (Å²) in [5, 5.41) is 18.2. The second kappa shape index (κ2) is 7.01. The maximum absolute atomic E-state index is 13.5.